The molecule has 0 aliphatic carbocycles. The van der Waals surface area contributed by atoms with Crippen LogP contribution in [-0.4, -0.2) is 44.3 Å². The zero-order chi connectivity index (χ0) is 13.0. The third kappa shape index (κ3) is 2.91. The Kier molecular flexibility index (Phi) is 4.01. The Balaban J connectivity index is 2.03. The van der Waals surface area contributed by atoms with Gasteiger partial charge < -0.3 is 15.2 Å². The lowest BCUT2D eigenvalue weighted by Gasteiger charge is -2.26. The minimum atomic E-state index is -0.171. The van der Waals surface area contributed by atoms with Crippen molar-refractivity contribution >= 4 is 11.6 Å². The van der Waals surface area contributed by atoms with E-state index in [0.29, 0.717) is 43.3 Å². The molecule has 0 atom stereocenters. The van der Waals surface area contributed by atoms with E-state index in [0.717, 1.165) is 0 Å². The van der Waals surface area contributed by atoms with Crippen LogP contribution in [0.3, 0.4) is 0 Å². The molecule has 1 amide bonds. The molecule has 98 valence electrons. The van der Waals surface area contributed by atoms with Crippen LogP contribution in [-0.2, 0) is 4.74 Å². The molecule has 0 unspecified atom stereocenters. The summed E-state index contributed by atoms with van der Waals surface area (Å²) in [5.41, 5.74) is 9.56. The number of rotatable bonds is 3. The van der Waals surface area contributed by atoms with Crippen LogP contribution in [0.4, 0.5) is 5.69 Å². The Labute approximate surface area is 106 Å². The molecule has 0 aromatic heterocycles. The van der Waals surface area contributed by atoms with Crippen LogP contribution < -0.4 is 15.9 Å². The first kappa shape index (κ1) is 12.7. The molecule has 18 heavy (non-hydrogen) atoms. The van der Waals surface area contributed by atoms with Gasteiger partial charge in [-0.3, -0.25) is 10.2 Å². The quantitative estimate of drug-likeness (QED) is 0.753. The predicted molar refractivity (Wildman–Crippen MR) is 67.3 cm³/mol. The molecular weight excluding hydrogens is 234 g/mol. The number of benzene rings is 1. The number of ether oxygens (including phenoxy) is 2. The lowest BCUT2D eigenvalue weighted by Crippen LogP contribution is -2.48. The molecule has 1 fully saturated rings. The minimum absolute atomic E-state index is 0.171. The molecule has 1 aliphatic rings. The highest BCUT2D eigenvalue weighted by atomic mass is 16.5. The van der Waals surface area contributed by atoms with E-state index in [-0.39, 0.29) is 5.91 Å². The summed E-state index contributed by atoms with van der Waals surface area (Å²) >= 11 is 0. The molecule has 3 N–H and O–H groups in total. The fourth-order valence-corrected chi connectivity index (χ4v) is 1.74. The molecule has 2 rings (SSSR count). The van der Waals surface area contributed by atoms with Gasteiger partial charge >= 0.3 is 0 Å². The number of hydrazine groups is 1. The van der Waals surface area contributed by atoms with Gasteiger partial charge in [0.25, 0.3) is 5.91 Å². The second-order valence-corrected chi connectivity index (χ2v) is 4.00. The summed E-state index contributed by atoms with van der Waals surface area (Å²) in [5, 5.41) is 1.84. The van der Waals surface area contributed by atoms with Crippen molar-refractivity contribution in [3.63, 3.8) is 0 Å². The summed E-state index contributed by atoms with van der Waals surface area (Å²) in [6, 6.07) is 4.96. The molecule has 1 saturated heterocycles. The maximum absolute atomic E-state index is 12.0. The highest BCUT2D eigenvalue weighted by Gasteiger charge is 2.15. The molecule has 1 aromatic carbocycles. The van der Waals surface area contributed by atoms with Crippen molar-refractivity contribution in [3.05, 3.63) is 23.8 Å². The van der Waals surface area contributed by atoms with E-state index in [1.54, 1.807) is 18.2 Å². The number of methoxy groups -OCH3 is 1. The van der Waals surface area contributed by atoms with Gasteiger partial charge in [0.2, 0.25) is 0 Å². The molecule has 0 bridgehead atoms. The number of nitrogens with two attached hydrogens (primary N) is 1. The first-order valence-electron chi connectivity index (χ1n) is 5.78. The summed E-state index contributed by atoms with van der Waals surface area (Å²) in [5.74, 6) is 0.333. The lowest BCUT2D eigenvalue weighted by molar-refractivity contribution is 0.0126. The van der Waals surface area contributed by atoms with Crippen LogP contribution >= 0.6 is 0 Å². The smallest absolute Gasteiger partial charge is 0.265 e. The van der Waals surface area contributed by atoms with Crippen molar-refractivity contribution in [1.82, 2.24) is 10.4 Å². The van der Waals surface area contributed by atoms with Gasteiger partial charge in [-0.2, -0.15) is 0 Å². The van der Waals surface area contributed by atoms with E-state index < -0.39 is 0 Å². The fourth-order valence-electron chi connectivity index (χ4n) is 1.74. The van der Waals surface area contributed by atoms with Crippen molar-refractivity contribution < 1.29 is 14.3 Å². The van der Waals surface area contributed by atoms with Crippen LogP contribution in [0, 0.1) is 0 Å². The highest BCUT2D eigenvalue weighted by molar-refractivity contribution is 5.94. The summed E-state index contributed by atoms with van der Waals surface area (Å²) in [4.78, 5) is 12.0. The summed E-state index contributed by atoms with van der Waals surface area (Å²) in [7, 11) is 1.52. The Morgan fingerprint density at radius 2 is 2.17 bits per heavy atom. The van der Waals surface area contributed by atoms with Gasteiger partial charge in [0.15, 0.2) is 0 Å². The van der Waals surface area contributed by atoms with Crippen LogP contribution in [0.5, 0.6) is 5.75 Å². The number of nitrogens with one attached hydrogen (secondary N) is 1. The summed E-state index contributed by atoms with van der Waals surface area (Å²) < 4.78 is 10.3. The van der Waals surface area contributed by atoms with Gasteiger partial charge in [-0.15, -0.1) is 0 Å². The van der Waals surface area contributed by atoms with Crippen molar-refractivity contribution in [2.45, 2.75) is 0 Å². The number of amides is 1. The van der Waals surface area contributed by atoms with E-state index in [2.05, 4.69) is 5.43 Å². The standard InChI is InChI=1S/C12H17N3O3/c1-17-11-8-9(2-3-10(11)13)12(16)14-15-4-6-18-7-5-15/h2-3,8H,4-7,13H2,1H3,(H,14,16). The SMILES string of the molecule is COc1cc(C(=O)NN2CCOCC2)ccc1N. The van der Waals surface area contributed by atoms with Crippen molar-refractivity contribution in [1.29, 1.82) is 0 Å². The average molecular weight is 251 g/mol. The van der Waals surface area contributed by atoms with Crippen molar-refractivity contribution in [2.75, 3.05) is 39.1 Å². The van der Waals surface area contributed by atoms with Crippen LogP contribution in [0.15, 0.2) is 18.2 Å². The number of morpholine rings is 1. The van der Waals surface area contributed by atoms with Crippen molar-refractivity contribution in [2.24, 2.45) is 0 Å². The van der Waals surface area contributed by atoms with E-state index in [1.807, 2.05) is 5.01 Å². The minimum Gasteiger partial charge on any atom is -0.495 e. The maximum Gasteiger partial charge on any atom is 0.265 e. The number of hydrogen-bond acceptors (Lipinski definition) is 5. The summed E-state index contributed by atoms with van der Waals surface area (Å²) in [6.45, 7) is 2.65. The number of nitrogens with zero attached hydrogens (tertiary/aromatic N) is 1. The largest absolute Gasteiger partial charge is 0.495 e. The Morgan fingerprint density at radius 1 is 1.44 bits per heavy atom. The third-order valence-electron chi connectivity index (χ3n) is 2.77. The Bertz CT molecular complexity index is 431. The molecule has 6 heteroatoms. The molecule has 0 saturated carbocycles. The molecule has 0 radical (unpaired) electrons. The van der Waals surface area contributed by atoms with Crippen LogP contribution in [0.1, 0.15) is 10.4 Å². The number of hydrogen-bond donors (Lipinski definition) is 2. The second-order valence-electron chi connectivity index (χ2n) is 4.00. The first-order chi connectivity index (χ1) is 8.70. The van der Waals surface area contributed by atoms with E-state index in [9.17, 15) is 4.79 Å². The van der Waals surface area contributed by atoms with Gasteiger partial charge in [-0.25, -0.2) is 5.01 Å². The topological polar surface area (TPSA) is 76.8 Å². The second kappa shape index (κ2) is 5.70. The van der Waals surface area contributed by atoms with Crippen molar-refractivity contribution in [3.8, 4) is 5.75 Å². The van der Waals surface area contributed by atoms with Gasteiger partial charge in [0, 0.05) is 18.7 Å². The van der Waals surface area contributed by atoms with Crippen LogP contribution in [0.2, 0.25) is 0 Å². The first-order valence-corrected chi connectivity index (χ1v) is 5.78. The lowest BCUT2D eigenvalue weighted by atomic mass is 10.2. The van der Waals surface area contributed by atoms with Gasteiger partial charge in [0.05, 0.1) is 26.0 Å². The normalized spacial score (nSPS) is 16.3. The molecule has 1 heterocycles. The molecular formula is C12H17N3O3. The number of carbonyl (C=O) groups is 1. The zero-order valence-electron chi connectivity index (χ0n) is 10.3. The highest BCUT2D eigenvalue weighted by Crippen LogP contribution is 2.22. The fraction of sp³-hybridized carbons (Fsp3) is 0.417. The number of nitrogen functional groups attached to an aromatic ring is 1. The third-order valence-corrected chi connectivity index (χ3v) is 2.77. The van der Waals surface area contributed by atoms with Gasteiger partial charge in [-0.05, 0) is 18.2 Å². The molecule has 0 spiro atoms. The number of anilines is 1. The van der Waals surface area contributed by atoms with E-state index in [4.69, 9.17) is 15.2 Å². The monoisotopic (exact) mass is 251 g/mol. The summed E-state index contributed by atoms with van der Waals surface area (Å²) in [6.07, 6.45) is 0. The van der Waals surface area contributed by atoms with Crippen LogP contribution in [0.25, 0.3) is 0 Å². The number of carbonyl (C=O) groups excluding carboxylic acids is 1. The molecule has 1 aromatic rings. The maximum atomic E-state index is 12.0. The molecule has 1 aliphatic heterocycles. The zero-order valence-corrected chi connectivity index (χ0v) is 10.3. The van der Waals surface area contributed by atoms with Gasteiger partial charge in [0.1, 0.15) is 5.75 Å². The van der Waals surface area contributed by atoms with Gasteiger partial charge in [-0.1, -0.05) is 0 Å². The average Bonchev–Trinajstić information content (AvgIpc) is 2.40. The van der Waals surface area contributed by atoms with E-state index >= 15 is 0 Å². The predicted octanol–water partition coefficient (Wildman–Crippen LogP) is 0.254. The Morgan fingerprint density at radius 3 is 2.83 bits per heavy atom. The Hall–Kier alpha value is -1.79. The van der Waals surface area contributed by atoms with E-state index in [1.165, 1.54) is 7.11 Å². The molecule has 6 nitrogen and oxygen atoms in total.